The minimum absolute atomic E-state index is 0.0321. The Morgan fingerprint density at radius 1 is 1.07 bits per heavy atom. The summed E-state index contributed by atoms with van der Waals surface area (Å²) in [6, 6.07) is 14.1. The highest BCUT2D eigenvalue weighted by molar-refractivity contribution is 7.99. The summed E-state index contributed by atoms with van der Waals surface area (Å²) >= 11 is 1.40. The lowest BCUT2D eigenvalue weighted by atomic mass is 10.0. The number of carbonyl (C=O) groups is 1. The maximum absolute atomic E-state index is 12.6. The molecule has 3 aromatic rings. The van der Waals surface area contributed by atoms with Crippen molar-refractivity contribution in [2.75, 3.05) is 18.2 Å². The van der Waals surface area contributed by atoms with Crippen molar-refractivity contribution in [1.29, 1.82) is 0 Å². The number of aromatic nitrogens is 3. The minimum atomic E-state index is -0.0321. The Bertz CT molecular complexity index is 977. The summed E-state index contributed by atoms with van der Waals surface area (Å²) in [6.45, 7) is 4.20. The summed E-state index contributed by atoms with van der Waals surface area (Å²) in [5, 5.41) is 12.4. The normalized spacial score (nSPS) is 10.8. The number of anilines is 1. The van der Waals surface area contributed by atoms with Crippen LogP contribution in [0.1, 0.15) is 36.4 Å². The number of benzene rings is 2. The molecule has 6 nitrogen and oxygen atoms in total. The van der Waals surface area contributed by atoms with Crippen molar-refractivity contribution in [3.05, 3.63) is 65.0 Å². The topological polar surface area (TPSA) is 69.0 Å². The fourth-order valence-corrected chi connectivity index (χ4v) is 3.99. The van der Waals surface area contributed by atoms with Gasteiger partial charge in [-0.2, -0.15) is 0 Å². The van der Waals surface area contributed by atoms with E-state index in [1.54, 1.807) is 7.11 Å². The smallest absolute Gasteiger partial charge is 0.234 e. The van der Waals surface area contributed by atoms with Crippen LogP contribution >= 0.6 is 11.8 Å². The van der Waals surface area contributed by atoms with Crippen molar-refractivity contribution in [2.24, 2.45) is 7.05 Å². The monoisotopic (exact) mass is 424 g/mol. The van der Waals surface area contributed by atoms with Gasteiger partial charge >= 0.3 is 0 Å². The number of hydrogen-bond acceptors (Lipinski definition) is 5. The van der Waals surface area contributed by atoms with Crippen LogP contribution in [-0.4, -0.2) is 33.5 Å². The molecule has 0 aliphatic carbocycles. The van der Waals surface area contributed by atoms with Gasteiger partial charge in [0.25, 0.3) is 0 Å². The van der Waals surface area contributed by atoms with Crippen LogP contribution in [0, 0.1) is 0 Å². The van der Waals surface area contributed by atoms with Crippen LogP contribution in [0.4, 0.5) is 5.69 Å². The summed E-state index contributed by atoms with van der Waals surface area (Å²) in [5.41, 5.74) is 4.40. The molecule has 0 unspecified atom stereocenters. The Morgan fingerprint density at radius 3 is 2.33 bits per heavy atom. The molecule has 0 atom stereocenters. The third kappa shape index (κ3) is 5.21. The number of methoxy groups -OCH3 is 1. The second-order valence-corrected chi connectivity index (χ2v) is 7.92. The number of nitrogens with zero attached hydrogens (tertiary/aromatic N) is 3. The van der Waals surface area contributed by atoms with Crippen LogP contribution in [0.2, 0.25) is 0 Å². The zero-order valence-electron chi connectivity index (χ0n) is 17.9. The van der Waals surface area contributed by atoms with Gasteiger partial charge in [0.1, 0.15) is 11.6 Å². The van der Waals surface area contributed by atoms with E-state index < -0.39 is 0 Å². The van der Waals surface area contributed by atoms with Crippen LogP contribution < -0.4 is 10.1 Å². The third-order valence-electron chi connectivity index (χ3n) is 5.04. The van der Waals surface area contributed by atoms with Crippen molar-refractivity contribution in [1.82, 2.24) is 14.8 Å². The summed E-state index contributed by atoms with van der Waals surface area (Å²) in [5.74, 6) is 1.94. The molecule has 1 heterocycles. The molecule has 1 aromatic heterocycles. The molecule has 7 heteroatoms. The molecule has 0 fully saturated rings. The lowest BCUT2D eigenvalue weighted by molar-refractivity contribution is -0.113. The fraction of sp³-hybridized carbons (Fsp3) is 0.348. The average Bonchev–Trinajstić information content (AvgIpc) is 3.12. The van der Waals surface area contributed by atoms with Crippen LogP contribution in [0.15, 0.2) is 47.6 Å². The minimum Gasteiger partial charge on any atom is -0.497 e. The fourth-order valence-electron chi connectivity index (χ4n) is 3.26. The quantitative estimate of drug-likeness (QED) is 0.520. The van der Waals surface area contributed by atoms with Gasteiger partial charge in [0, 0.05) is 19.2 Å². The SMILES string of the molecule is CCc1cccc(CC)c1NC(=O)CSc1nnc(Cc2ccc(OC)cc2)n1C. The molecule has 0 saturated heterocycles. The number of ether oxygens (including phenoxy) is 1. The number of aryl methyl sites for hydroxylation is 2. The first-order chi connectivity index (χ1) is 14.5. The molecule has 0 bridgehead atoms. The van der Waals surface area contributed by atoms with Gasteiger partial charge in [-0.1, -0.05) is 55.9 Å². The Hall–Kier alpha value is -2.80. The van der Waals surface area contributed by atoms with E-state index in [4.69, 9.17) is 4.74 Å². The first-order valence-corrected chi connectivity index (χ1v) is 11.1. The lowest BCUT2D eigenvalue weighted by Gasteiger charge is -2.14. The van der Waals surface area contributed by atoms with Crippen LogP contribution in [0.25, 0.3) is 0 Å². The summed E-state index contributed by atoms with van der Waals surface area (Å²) in [7, 11) is 3.59. The van der Waals surface area contributed by atoms with Crippen LogP contribution in [0.3, 0.4) is 0 Å². The predicted molar refractivity (Wildman–Crippen MR) is 121 cm³/mol. The van der Waals surface area contributed by atoms with E-state index in [2.05, 4.69) is 41.5 Å². The number of amides is 1. The Morgan fingerprint density at radius 2 is 1.73 bits per heavy atom. The number of thioether (sulfide) groups is 1. The second-order valence-electron chi connectivity index (χ2n) is 6.98. The van der Waals surface area contributed by atoms with Crippen molar-refractivity contribution in [3.8, 4) is 5.75 Å². The van der Waals surface area contributed by atoms with E-state index in [1.807, 2.05) is 41.9 Å². The highest BCUT2D eigenvalue weighted by Gasteiger charge is 2.14. The maximum atomic E-state index is 12.6. The van der Waals surface area contributed by atoms with Crippen LogP contribution in [-0.2, 0) is 31.1 Å². The van der Waals surface area contributed by atoms with Crippen molar-refractivity contribution >= 4 is 23.4 Å². The van der Waals surface area contributed by atoms with E-state index >= 15 is 0 Å². The molecule has 1 amide bonds. The molecule has 3 rings (SSSR count). The molecule has 2 aromatic carbocycles. The Balaban J connectivity index is 1.62. The van der Waals surface area contributed by atoms with Gasteiger partial charge in [-0.25, -0.2) is 0 Å². The second kappa shape index (κ2) is 10.3. The van der Waals surface area contributed by atoms with Gasteiger partial charge in [0.2, 0.25) is 5.91 Å². The van der Waals surface area contributed by atoms with Crippen molar-refractivity contribution < 1.29 is 9.53 Å². The van der Waals surface area contributed by atoms with Gasteiger partial charge in [0.05, 0.1) is 12.9 Å². The van der Waals surface area contributed by atoms with Gasteiger partial charge in [0.15, 0.2) is 5.16 Å². The number of hydrogen-bond donors (Lipinski definition) is 1. The summed E-state index contributed by atoms with van der Waals surface area (Å²) in [4.78, 5) is 12.6. The summed E-state index contributed by atoms with van der Waals surface area (Å²) in [6.07, 6.45) is 2.44. The molecular formula is C23H28N4O2S. The zero-order valence-corrected chi connectivity index (χ0v) is 18.8. The van der Waals surface area contributed by atoms with E-state index in [-0.39, 0.29) is 11.7 Å². The molecular weight excluding hydrogens is 396 g/mol. The number of nitrogens with one attached hydrogen (secondary N) is 1. The highest BCUT2D eigenvalue weighted by atomic mass is 32.2. The molecule has 158 valence electrons. The lowest BCUT2D eigenvalue weighted by Crippen LogP contribution is -2.17. The van der Waals surface area contributed by atoms with Crippen LogP contribution in [0.5, 0.6) is 5.75 Å². The summed E-state index contributed by atoms with van der Waals surface area (Å²) < 4.78 is 7.14. The number of rotatable bonds is 9. The molecule has 0 aliphatic heterocycles. The predicted octanol–water partition coefficient (Wildman–Crippen LogP) is 4.27. The van der Waals surface area contributed by atoms with E-state index in [0.29, 0.717) is 6.42 Å². The molecule has 0 radical (unpaired) electrons. The van der Waals surface area contributed by atoms with Gasteiger partial charge in [-0.15, -0.1) is 10.2 Å². The van der Waals surface area contributed by atoms with Gasteiger partial charge in [-0.05, 0) is 41.7 Å². The number of para-hydroxylation sites is 1. The van der Waals surface area contributed by atoms with Gasteiger partial charge in [-0.3, -0.25) is 4.79 Å². The standard InChI is InChI=1S/C23H28N4O2S/c1-5-17-8-7-9-18(6-2)22(17)24-21(28)15-30-23-26-25-20(27(23)3)14-16-10-12-19(29-4)13-11-16/h7-13H,5-6,14-15H2,1-4H3,(H,24,28). The Labute approximate surface area is 182 Å². The first kappa shape index (κ1) is 21.9. The van der Waals surface area contributed by atoms with E-state index in [9.17, 15) is 4.79 Å². The third-order valence-corrected chi connectivity index (χ3v) is 6.06. The van der Waals surface area contributed by atoms with E-state index in [1.165, 1.54) is 11.8 Å². The Kier molecular flexibility index (Phi) is 7.52. The van der Waals surface area contributed by atoms with E-state index in [0.717, 1.165) is 51.9 Å². The number of carbonyl (C=O) groups excluding carboxylic acids is 1. The molecule has 0 aliphatic rings. The maximum Gasteiger partial charge on any atom is 0.234 e. The average molecular weight is 425 g/mol. The molecule has 0 spiro atoms. The first-order valence-electron chi connectivity index (χ1n) is 10.1. The zero-order chi connectivity index (χ0) is 21.5. The highest BCUT2D eigenvalue weighted by Crippen LogP contribution is 2.24. The largest absolute Gasteiger partial charge is 0.497 e. The van der Waals surface area contributed by atoms with Crippen molar-refractivity contribution in [3.63, 3.8) is 0 Å². The molecule has 0 saturated carbocycles. The van der Waals surface area contributed by atoms with Crippen molar-refractivity contribution in [2.45, 2.75) is 38.3 Å². The van der Waals surface area contributed by atoms with Gasteiger partial charge < -0.3 is 14.6 Å². The molecule has 1 N–H and O–H groups in total. The molecule has 30 heavy (non-hydrogen) atoms.